The number of halogens is 1. The van der Waals surface area contributed by atoms with Gasteiger partial charge < -0.3 is 19.5 Å². The van der Waals surface area contributed by atoms with Crippen LogP contribution in [0.25, 0.3) is 22.2 Å². The van der Waals surface area contributed by atoms with Gasteiger partial charge in [-0.15, -0.1) is 0 Å². The summed E-state index contributed by atoms with van der Waals surface area (Å²) in [7, 11) is 0. The zero-order valence-electron chi connectivity index (χ0n) is 26.7. The van der Waals surface area contributed by atoms with E-state index in [1.807, 2.05) is 32.6 Å². The summed E-state index contributed by atoms with van der Waals surface area (Å²) < 4.78 is 28.7. The third-order valence-electron chi connectivity index (χ3n) is 10.0. The molecular weight excluding hydrogens is 575 g/mol. The number of anilines is 1. The molecule has 10 nitrogen and oxygen atoms in total. The minimum Gasteiger partial charge on any atom is -0.508 e. The predicted octanol–water partition coefficient (Wildman–Crippen LogP) is 5.69. The molecule has 0 spiro atoms. The number of piperazine rings is 1. The van der Waals surface area contributed by atoms with Gasteiger partial charge in [-0.1, -0.05) is 13.0 Å². The molecule has 1 amide bonds. The van der Waals surface area contributed by atoms with Gasteiger partial charge in [-0.3, -0.25) is 14.8 Å². The molecule has 1 aromatic carbocycles. The summed E-state index contributed by atoms with van der Waals surface area (Å²) in [5.74, 6) is 0.0388. The lowest BCUT2D eigenvalue weighted by Crippen LogP contribution is -2.57. The largest absolute Gasteiger partial charge is 0.508 e. The van der Waals surface area contributed by atoms with Crippen molar-refractivity contribution in [3.63, 3.8) is 0 Å². The number of aryl methyl sites for hydroxylation is 1. The van der Waals surface area contributed by atoms with Crippen LogP contribution in [0.5, 0.6) is 11.8 Å². The second kappa shape index (κ2) is 11.3. The van der Waals surface area contributed by atoms with Crippen LogP contribution in [-0.2, 0) is 11.2 Å². The molecule has 45 heavy (non-hydrogen) atoms. The Balaban J connectivity index is 1.27. The summed E-state index contributed by atoms with van der Waals surface area (Å²) in [6, 6.07) is 5.01. The molecule has 4 saturated heterocycles. The zero-order chi connectivity index (χ0) is 31.5. The van der Waals surface area contributed by atoms with E-state index in [2.05, 4.69) is 19.8 Å². The third-order valence-corrected chi connectivity index (χ3v) is 10.0. The SMILES string of the molecule is CCc1ccc(O)cc1-c1ncc2c(N3CC4CCC(C3)N4C(=O)OC(C)(C)C)nc(OCC34CCCN3CCC4)nc2c1F. The Hall–Kier alpha value is -3.73. The number of carbonyl (C=O) groups excluding carboxylic acids is 1. The number of phenols is 1. The predicted molar refractivity (Wildman–Crippen MR) is 169 cm³/mol. The molecule has 2 bridgehead atoms. The molecule has 2 atom stereocenters. The fourth-order valence-electron chi connectivity index (χ4n) is 7.96. The number of ether oxygens (including phenoxy) is 2. The Morgan fingerprint density at radius 3 is 2.49 bits per heavy atom. The molecule has 6 heterocycles. The fourth-order valence-corrected chi connectivity index (χ4v) is 7.96. The van der Waals surface area contributed by atoms with Crippen molar-refractivity contribution >= 4 is 22.8 Å². The molecule has 4 aliphatic heterocycles. The van der Waals surface area contributed by atoms with Crippen LogP contribution in [0.2, 0.25) is 0 Å². The highest BCUT2D eigenvalue weighted by atomic mass is 19.1. The number of rotatable bonds is 6. The van der Waals surface area contributed by atoms with Crippen LogP contribution in [-0.4, -0.2) is 92.0 Å². The summed E-state index contributed by atoms with van der Waals surface area (Å²) >= 11 is 0. The monoisotopic (exact) mass is 618 g/mol. The second-order valence-corrected chi connectivity index (χ2v) is 14.1. The van der Waals surface area contributed by atoms with Crippen molar-refractivity contribution in [2.75, 3.05) is 37.7 Å². The summed E-state index contributed by atoms with van der Waals surface area (Å²) in [6.45, 7) is 11.3. The molecule has 3 aromatic rings. The highest BCUT2D eigenvalue weighted by Gasteiger charge is 2.46. The van der Waals surface area contributed by atoms with E-state index in [0.29, 0.717) is 42.9 Å². The minimum absolute atomic E-state index is 0.0177. The van der Waals surface area contributed by atoms with Crippen LogP contribution >= 0.6 is 0 Å². The van der Waals surface area contributed by atoms with Crippen molar-refractivity contribution in [1.29, 1.82) is 0 Å². The maximum Gasteiger partial charge on any atom is 0.410 e. The molecule has 1 N–H and O–H groups in total. The van der Waals surface area contributed by atoms with Crippen LogP contribution in [0.4, 0.5) is 15.0 Å². The van der Waals surface area contributed by atoms with Crippen molar-refractivity contribution < 1.29 is 23.8 Å². The van der Waals surface area contributed by atoms with Crippen molar-refractivity contribution in [2.24, 2.45) is 0 Å². The van der Waals surface area contributed by atoms with Gasteiger partial charge in [-0.25, -0.2) is 9.18 Å². The molecule has 11 heteroatoms. The van der Waals surface area contributed by atoms with Gasteiger partial charge in [0.1, 0.15) is 35.0 Å². The molecule has 0 saturated carbocycles. The first kappa shape index (κ1) is 30.0. The summed E-state index contributed by atoms with van der Waals surface area (Å²) in [6.07, 6.45) is 8.15. The van der Waals surface area contributed by atoms with Crippen LogP contribution in [0.3, 0.4) is 0 Å². The van der Waals surface area contributed by atoms with Gasteiger partial charge >= 0.3 is 12.1 Å². The first-order valence-corrected chi connectivity index (χ1v) is 16.4. The lowest BCUT2D eigenvalue weighted by Gasteiger charge is -2.42. The van der Waals surface area contributed by atoms with Crippen molar-refractivity contribution in [2.45, 2.75) is 95.9 Å². The highest BCUT2D eigenvalue weighted by molar-refractivity contribution is 5.92. The molecule has 4 aliphatic rings. The van der Waals surface area contributed by atoms with Gasteiger partial charge in [0.25, 0.3) is 0 Å². The van der Waals surface area contributed by atoms with Crippen LogP contribution in [0, 0.1) is 5.82 Å². The number of carbonyl (C=O) groups is 1. The molecular formula is C34H43FN6O4. The van der Waals surface area contributed by atoms with Gasteiger partial charge in [0.05, 0.1) is 23.0 Å². The van der Waals surface area contributed by atoms with Crippen molar-refractivity contribution in [3.8, 4) is 23.0 Å². The second-order valence-electron chi connectivity index (χ2n) is 14.1. The van der Waals surface area contributed by atoms with Gasteiger partial charge in [0, 0.05) is 24.8 Å². The third kappa shape index (κ3) is 5.42. The Labute approximate surface area is 263 Å². The number of amides is 1. The maximum absolute atomic E-state index is 16.6. The van der Waals surface area contributed by atoms with Crippen molar-refractivity contribution in [1.82, 2.24) is 24.8 Å². The number of aromatic nitrogens is 3. The molecule has 0 aliphatic carbocycles. The first-order valence-electron chi connectivity index (χ1n) is 16.4. The lowest BCUT2D eigenvalue weighted by molar-refractivity contribution is 0.0122. The highest BCUT2D eigenvalue weighted by Crippen LogP contribution is 2.41. The number of hydrogen-bond acceptors (Lipinski definition) is 9. The average Bonchev–Trinajstić information content (AvgIpc) is 3.66. The fraction of sp³-hybridized carbons (Fsp3) is 0.588. The first-order chi connectivity index (χ1) is 21.5. The van der Waals surface area contributed by atoms with Crippen molar-refractivity contribution in [3.05, 3.63) is 35.8 Å². The summed E-state index contributed by atoms with van der Waals surface area (Å²) in [5.41, 5.74) is 1.09. The molecule has 240 valence electrons. The summed E-state index contributed by atoms with van der Waals surface area (Å²) in [4.78, 5) is 33.8. The van der Waals surface area contributed by atoms with E-state index in [-0.39, 0.29) is 46.7 Å². The maximum atomic E-state index is 16.6. The van der Waals surface area contributed by atoms with Gasteiger partial charge in [-0.2, -0.15) is 9.97 Å². The number of hydrogen-bond donors (Lipinski definition) is 1. The Morgan fingerprint density at radius 1 is 1.11 bits per heavy atom. The molecule has 2 aromatic heterocycles. The minimum atomic E-state index is -0.579. The topological polar surface area (TPSA) is 104 Å². The van der Waals surface area contributed by atoms with Crippen LogP contribution in [0.15, 0.2) is 24.4 Å². The Kier molecular flexibility index (Phi) is 7.49. The van der Waals surface area contributed by atoms with E-state index in [9.17, 15) is 9.90 Å². The number of pyridine rings is 1. The Bertz CT molecular complexity index is 1600. The van der Waals surface area contributed by atoms with Crippen LogP contribution < -0.4 is 9.64 Å². The van der Waals surface area contributed by atoms with E-state index >= 15 is 4.39 Å². The number of benzene rings is 1. The smallest absolute Gasteiger partial charge is 0.410 e. The normalized spacial score (nSPS) is 22.7. The van der Waals surface area contributed by atoms with E-state index in [4.69, 9.17) is 14.5 Å². The number of fused-ring (bicyclic) bond motifs is 4. The quantitative estimate of drug-likeness (QED) is 0.373. The number of phenolic OH excluding ortho intramolecular Hbond substituents is 1. The standard InChI is InChI=1S/C34H43FN6O4/c1-5-21-8-11-24(42)16-25(21)28-27(35)29-26(17-36-28)30(38-31(37-29)44-20-34-12-6-14-40(34)15-7-13-34)39-18-22-9-10-23(19-39)41(22)32(43)45-33(2,3)4/h8,11,16-17,22-23,42H,5-7,9-10,12-15,18-20H2,1-4H3. The van der Waals surface area contributed by atoms with E-state index in [1.54, 1.807) is 24.4 Å². The zero-order valence-corrected chi connectivity index (χ0v) is 26.7. The van der Waals surface area contributed by atoms with E-state index in [1.165, 1.54) is 0 Å². The molecule has 0 radical (unpaired) electrons. The van der Waals surface area contributed by atoms with Crippen LogP contribution in [0.1, 0.15) is 71.8 Å². The number of nitrogens with zero attached hydrogens (tertiary/aromatic N) is 6. The summed E-state index contributed by atoms with van der Waals surface area (Å²) in [5, 5.41) is 10.7. The van der Waals surface area contributed by atoms with Gasteiger partial charge in [-0.05, 0) is 96.5 Å². The van der Waals surface area contributed by atoms with E-state index < -0.39 is 11.4 Å². The van der Waals surface area contributed by atoms with E-state index in [0.717, 1.165) is 57.2 Å². The lowest BCUT2D eigenvalue weighted by atomic mass is 9.95. The average molecular weight is 619 g/mol. The molecule has 7 rings (SSSR count). The van der Waals surface area contributed by atoms with Gasteiger partial charge in [0.15, 0.2) is 5.82 Å². The molecule has 4 fully saturated rings. The number of aromatic hydroxyl groups is 1. The molecule has 2 unspecified atom stereocenters. The van der Waals surface area contributed by atoms with Gasteiger partial charge in [0.2, 0.25) is 0 Å². The Morgan fingerprint density at radius 2 is 1.82 bits per heavy atom.